The van der Waals surface area contributed by atoms with E-state index in [9.17, 15) is 28.8 Å². The fourth-order valence-electron chi connectivity index (χ4n) is 4.43. The molecule has 2 unspecified atom stereocenters. The lowest BCUT2D eigenvalue weighted by molar-refractivity contribution is -0.145. The standard InChI is InChI=1S/C29H50N4O9/c1-11-17(4)21(22(36)25(38)30-13-20(34)35)31-24(37)19-12-18(42-29(8,9)10)14-33(19)26(39)23(28(5,6)7)32-27(40)41-15-16(2)3/h16-19,21,23H,11-15H2,1-10H3,(H,30,38)(H,31,37)(H,32,40)(H,34,35)/t17-,18+,19-,21?,23?/m0/s1. The van der Waals surface area contributed by atoms with Gasteiger partial charge in [-0.1, -0.05) is 54.9 Å². The summed E-state index contributed by atoms with van der Waals surface area (Å²) < 4.78 is 11.4. The van der Waals surface area contributed by atoms with E-state index in [0.29, 0.717) is 6.42 Å². The third-order valence-corrected chi connectivity index (χ3v) is 6.71. The summed E-state index contributed by atoms with van der Waals surface area (Å²) >= 11 is 0. The molecule has 1 heterocycles. The molecule has 1 aliphatic rings. The Labute approximate surface area is 248 Å². The lowest BCUT2D eigenvalue weighted by Crippen LogP contribution is -2.59. The average Bonchev–Trinajstić information content (AvgIpc) is 3.27. The second kappa shape index (κ2) is 15.3. The van der Waals surface area contributed by atoms with Gasteiger partial charge in [-0.05, 0) is 38.0 Å². The molecule has 4 amide bonds. The fraction of sp³-hybridized carbons (Fsp3) is 0.793. The Morgan fingerprint density at radius 3 is 2.05 bits per heavy atom. The summed E-state index contributed by atoms with van der Waals surface area (Å²) in [5, 5.41) is 16.2. The van der Waals surface area contributed by atoms with Crippen molar-refractivity contribution in [3.05, 3.63) is 0 Å². The Morgan fingerprint density at radius 1 is 0.976 bits per heavy atom. The maximum absolute atomic E-state index is 14.0. The van der Waals surface area contributed by atoms with Crippen LogP contribution >= 0.6 is 0 Å². The minimum atomic E-state index is -1.32. The Morgan fingerprint density at radius 2 is 1.57 bits per heavy atom. The largest absolute Gasteiger partial charge is 0.480 e. The second-order valence-corrected chi connectivity index (χ2v) is 13.3. The zero-order chi connectivity index (χ0) is 32.6. The van der Waals surface area contributed by atoms with E-state index >= 15 is 0 Å². The molecule has 5 atom stereocenters. The van der Waals surface area contributed by atoms with E-state index in [4.69, 9.17) is 14.6 Å². The first-order valence-electron chi connectivity index (χ1n) is 14.4. The van der Waals surface area contributed by atoms with E-state index < -0.39 is 83.3 Å². The van der Waals surface area contributed by atoms with Crippen LogP contribution in [0.4, 0.5) is 4.79 Å². The topological polar surface area (TPSA) is 180 Å². The lowest BCUT2D eigenvalue weighted by Gasteiger charge is -2.35. The minimum Gasteiger partial charge on any atom is -0.480 e. The van der Waals surface area contributed by atoms with Gasteiger partial charge in [0.25, 0.3) is 5.91 Å². The lowest BCUT2D eigenvalue weighted by atomic mass is 9.85. The van der Waals surface area contributed by atoms with Gasteiger partial charge in [0.1, 0.15) is 18.6 Å². The van der Waals surface area contributed by atoms with Crippen LogP contribution in [0.2, 0.25) is 0 Å². The van der Waals surface area contributed by atoms with Gasteiger partial charge in [-0.15, -0.1) is 0 Å². The zero-order valence-electron chi connectivity index (χ0n) is 26.7. The van der Waals surface area contributed by atoms with Crippen LogP contribution < -0.4 is 16.0 Å². The van der Waals surface area contributed by atoms with Gasteiger partial charge < -0.3 is 35.4 Å². The van der Waals surface area contributed by atoms with E-state index in [2.05, 4.69) is 10.6 Å². The summed E-state index contributed by atoms with van der Waals surface area (Å²) in [7, 11) is 0. The number of carbonyl (C=O) groups excluding carboxylic acids is 5. The van der Waals surface area contributed by atoms with Gasteiger partial charge in [-0.2, -0.15) is 0 Å². The van der Waals surface area contributed by atoms with Crippen LogP contribution in [0.25, 0.3) is 0 Å². The number of ketones is 1. The molecule has 0 aromatic carbocycles. The van der Waals surface area contributed by atoms with E-state index in [0.717, 1.165) is 0 Å². The van der Waals surface area contributed by atoms with Crippen molar-refractivity contribution >= 4 is 35.6 Å². The van der Waals surface area contributed by atoms with E-state index in [1.165, 1.54) is 4.90 Å². The van der Waals surface area contributed by atoms with Gasteiger partial charge in [0.15, 0.2) is 0 Å². The summed E-state index contributed by atoms with van der Waals surface area (Å²) in [4.78, 5) is 77.8. The third-order valence-electron chi connectivity index (χ3n) is 6.71. The van der Waals surface area contributed by atoms with E-state index in [1.807, 2.05) is 39.9 Å². The molecule has 0 aromatic rings. The van der Waals surface area contributed by atoms with Crippen LogP contribution in [0.3, 0.4) is 0 Å². The number of amides is 4. The Hall–Kier alpha value is -3.22. The summed E-state index contributed by atoms with van der Waals surface area (Å²) in [6, 6.07) is -3.36. The first kappa shape index (κ1) is 36.8. The number of hydrogen-bond acceptors (Lipinski definition) is 8. The number of ether oxygens (including phenoxy) is 2. The number of likely N-dealkylation sites (tertiary alicyclic amines) is 1. The van der Waals surface area contributed by atoms with Crippen molar-refractivity contribution in [2.75, 3.05) is 19.7 Å². The van der Waals surface area contributed by atoms with Gasteiger partial charge >= 0.3 is 12.1 Å². The molecule has 4 N–H and O–H groups in total. The average molecular weight is 599 g/mol. The Balaban J connectivity index is 3.34. The molecule has 42 heavy (non-hydrogen) atoms. The molecule has 0 aliphatic carbocycles. The summed E-state index contributed by atoms with van der Waals surface area (Å²) in [6.45, 7) is 17.6. The van der Waals surface area contributed by atoms with Crippen molar-refractivity contribution in [2.24, 2.45) is 17.3 Å². The van der Waals surface area contributed by atoms with Gasteiger partial charge in [-0.3, -0.25) is 24.0 Å². The molecule has 0 radical (unpaired) electrons. The summed E-state index contributed by atoms with van der Waals surface area (Å²) in [6.07, 6.45) is -0.722. The summed E-state index contributed by atoms with van der Waals surface area (Å²) in [5.74, 6) is -5.00. The first-order valence-corrected chi connectivity index (χ1v) is 14.4. The molecule has 240 valence electrons. The monoisotopic (exact) mass is 598 g/mol. The molecule has 1 aliphatic heterocycles. The first-order chi connectivity index (χ1) is 19.2. The number of carboxylic acids is 1. The van der Waals surface area contributed by atoms with Crippen LogP contribution in [0, 0.1) is 17.3 Å². The van der Waals surface area contributed by atoms with Crippen molar-refractivity contribution in [3.8, 4) is 0 Å². The molecule has 0 bridgehead atoms. The predicted molar refractivity (Wildman–Crippen MR) is 154 cm³/mol. The van der Waals surface area contributed by atoms with Gasteiger partial charge in [0.2, 0.25) is 17.6 Å². The molecule has 1 rings (SSSR count). The van der Waals surface area contributed by atoms with Crippen LogP contribution in [0.1, 0.15) is 82.1 Å². The molecule has 1 saturated heterocycles. The van der Waals surface area contributed by atoms with Crippen LogP contribution in [0.5, 0.6) is 0 Å². The quantitative estimate of drug-likeness (QED) is 0.230. The number of nitrogens with zero attached hydrogens (tertiary/aromatic N) is 1. The van der Waals surface area contributed by atoms with Crippen LogP contribution in [0.15, 0.2) is 0 Å². The molecule has 0 saturated carbocycles. The molecule has 13 heteroatoms. The predicted octanol–water partition coefficient (Wildman–Crippen LogP) is 1.87. The molecule has 0 spiro atoms. The van der Waals surface area contributed by atoms with Crippen molar-refractivity contribution in [3.63, 3.8) is 0 Å². The Kier molecular flexibility index (Phi) is 13.4. The highest BCUT2D eigenvalue weighted by atomic mass is 16.5. The highest BCUT2D eigenvalue weighted by Gasteiger charge is 2.47. The molecular formula is C29H50N4O9. The van der Waals surface area contributed by atoms with Gasteiger partial charge in [0.05, 0.1) is 24.4 Å². The number of carboxylic acid groups (broad SMARTS) is 1. The number of aliphatic carboxylic acids is 1. The smallest absolute Gasteiger partial charge is 0.407 e. The van der Waals surface area contributed by atoms with Gasteiger partial charge in [-0.25, -0.2) is 4.79 Å². The normalized spacial score (nSPS) is 19.5. The van der Waals surface area contributed by atoms with Gasteiger partial charge in [0, 0.05) is 13.0 Å². The van der Waals surface area contributed by atoms with Crippen molar-refractivity contribution in [1.29, 1.82) is 0 Å². The molecular weight excluding hydrogens is 548 g/mol. The second-order valence-electron chi connectivity index (χ2n) is 13.3. The van der Waals surface area contributed by atoms with E-state index in [-0.39, 0.29) is 25.5 Å². The SMILES string of the molecule is CC[C@H](C)C(NC(=O)[C@@H]1C[C@@H](OC(C)(C)C)CN1C(=O)C(NC(=O)OCC(C)C)C(C)(C)C)C(=O)C(=O)NCC(=O)O. The summed E-state index contributed by atoms with van der Waals surface area (Å²) in [5.41, 5.74) is -1.33. The van der Waals surface area contributed by atoms with Crippen LogP contribution in [-0.4, -0.2) is 95.1 Å². The number of alkyl carbamates (subject to hydrolysis) is 1. The maximum atomic E-state index is 14.0. The zero-order valence-corrected chi connectivity index (χ0v) is 26.7. The fourth-order valence-corrected chi connectivity index (χ4v) is 4.43. The van der Waals surface area contributed by atoms with Crippen molar-refractivity contribution in [2.45, 2.75) is 112 Å². The van der Waals surface area contributed by atoms with E-state index in [1.54, 1.807) is 34.6 Å². The third kappa shape index (κ3) is 11.6. The highest BCUT2D eigenvalue weighted by Crippen LogP contribution is 2.29. The minimum absolute atomic E-state index is 0.0601. The molecule has 1 fully saturated rings. The maximum Gasteiger partial charge on any atom is 0.407 e. The number of Topliss-reactive ketones (excluding diaryl/α,β-unsaturated/α-hetero) is 1. The number of hydrogen-bond donors (Lipinski definition) is 4. The number of nitrogens with one attached hydrogen (secondary N) is 3. The Bertz CT molecular complexity index is 1000. The van der Waals surface area contributed by atoms with Crippen molar-refractivity contribution in [1.82, 2.24) is 20.9 Å². The van der Waals surface area contributed by atoms with Crippen LogP contribution in [-0.2, 0) is 33.4 Å². The molecule has 0 aromatic heterocycles. The number of rotatable bonds is 13. The number of carbonyl (C=O) groups is 6. The highest BCUT2D eigenvalue weighted by molar-refractivity contribution is 6.38. The molecule has 13 nitrogen and oxygen atoms in total. The van der Waals surface area contributed by atoms with Crippen molar-refractivity contribution < 1.29 is 43.3 Å².